The van der Waals surface area contributed by atoms with Crippen LogP contribution in [0.2, 0.25) is 0 Å². The number of nitrogens with zero attached hydrogens (tertiary/aromatic N) is 1. The number of aromatic amines is 1. The standard InChI is InChI=1S/C22H16F3N3O/c23-14-3-1-13(2-4-14)21-17(18-11-15(24)12-19(25)22(18)28-21)5-6-20(29)27-16-7-9-26-10-8-16/h1-4,7-12,28H,5-6H2,(H,26,27,29). The smallest absolute Gasteiger partial charge is 0.224 e. The summed E-state index contributed by atoms with van der Waals surface area (Å²) in [5, 5.41) is 3.11. The fourth-order valence-corrected chi connectivity index (χ4v) is 3.29. The van der Waals surface area contributed by atoms with Crippen molar-refractivity contribution in [2.45, 2.75) is 12.8 Å². The summed E-state index contributed by atoms with van der Waals surface area (Å²) in [6.07, 6.45) is 3.47. The first-order valence-corrected chi connectivity index (χ1v) is 8.96. The maximum Gasteiger partial charge on any atom is 0.224 e. The summed E-state index contributed by atoms with van der Waals surface area (Å²) >= 11 is 0. The average molecular weight is 395 g/mol. The van der Waals surface area contributed by atoms with Gasteiger partial charge in [-0.1, -0.05) is 0 Å². The molecule has 0 aliphatic carbocycles. The minimum atomic E-state index is -0.726. The van der Waals surface area contributed by atoms with E-state index in [0.717, 1.165) is 6.07 Å². The number of carbonyl (C=O) groups is 1. The number of aryl methyl sites for hydroxylation is 1. The van der Waals surface area contributed by atoms with Gasteiger partial charge in [-0.15, -0.1) is 0 Å². The Morgan fingerprint density at radius 1 is 0.966 bits per heavy atom. The van der Waals surface area contributed by atoms with Gasteiger partial charge in [0.25, 0.3) is 0 Å². The maximum atomic E-state index is 14.3. The topological polar surface area (TPSA) is 57.8 Å². The minimum absolute atomic E-state index is 0.0988. The molecule has 4 rings (SSSR count). The molecule has 2 aromatic heterocycles. The number of rotatable bonds is 5. The van der Waals surface area contributed by atoms with Gasteiger partial charge in [0.2, 0.25) is 5.91 Å². The summed E-state index contributed by atoms with van der Waals surface area (Å²) in [6.45, 7) is 0. The molecule has 7 heteroatoms. The quantitative estimate of drug-likeness (QED) is 0.487. The van der Waals surface area contributed by atoms with Crippen molar-refractivity contribution in [1.29, 1.82) is 0 Å². The van der Waals surface area contributed by atoms with Gasteiger partial charge in [-0.25, -0.2) is 13.2 Å². The maximum absolute atomic E-state index is 14.3. The molecule has 0 bridgehead atoms. The number of carbonyl (C=O) groups excluding carboxylic acids is 1. The highest BCUT2D eigenvalue weighted by molar-refractivity contribution is 5.94. The molecule has 2 heterocycles. The molecule has 2 aromatic carbocycles. The number of fused-ring (bicyclic) bond motifs is 1. The van der Waals surface area contributed by atoms with Gasteiger partial charge in [0.15, 0.2) is 0 Å². The number of nitrogens with one attached hydrogen (secondary N) is 2. The number of hydrogen-bond donors (Lipinski definition) is 2. The van der Waals surface area contributed by atoms with Gasteiger partial charge in [0.05, 0.1) is 5.52 Å². The van der Waals surface area contributed by atoms with Crippen LogP contribution in [0.25, 0.3) is 22.2 Å². The van der Waals surface area contributed by atoms with Gasteiger partial charge in [0.1, 0.15) is 17.5 Å². The number of pyridine rings is 1. The SMILES string of the molecule is O=C(CCc1c(-c2ccc(F)cc2)[nH]c2c(F)cc(F)cc12)Nc1ccncc1. The molecule has 146 valence electrons. The van der Waals surface area contributed by atoms with E-state index in [1.54, 1.807) is 36.7 Å². The molecule has 0 fully saturated rings. The van der Waals surface area contributed by atoms with E-state index >= 15 is 0 Å². The second-order valence-corrected chi connectivity index (χ2v) is 6.58. The van der Waals surface area contributed by atoms with E-state index in [4.69, 9.17) is 0 Å². The molecule has 0 saturated heterocycles. The van der Waals surface area contributed by atoms with E-state index in [1.807, 2.05) is 0 Å². The summed E-state index contributed by atoms with van der Waals surface area (Å²) < 4.78 is 41.4. The first-order valence-electron chi connectivity index (χ1n) is 8.96. The predicted molar refractivity (Wildman–Crippen MR) is 105 cm³/mol. The Bertz CT molecular complexity index is 1170. The molecule has 4 nitrogen and oxygen atoms in total. The number of benzene rings is 2. The molecule has 0 unspecified atom stereocenters. The molecule has 0 saturated carbocycles. The van der Waals surface area contributed by atoms with Crippen molar-refractivity contribution in [3.05, 3.63) is 83.9 Å². The lowest BCUT2D eigenvalue weighted by molar-refractivity contribution is -0.116. The Morgan fingerprint density at radius 3 is 2.41 bits per heavy atom. The highest BCUT2D eigenvalue weighted by atomic mass is 19.1. The van der Waals surface area contributed by atoms with Crippen LogP contribution in [-0.2, 0) is 11.2 Å². The van der Waals surface area contributed by atoms with E-state index in [0.29, 0.717) is 27.9 Å². The van der Waals surface area contributed by atoms with Gasteiger partial charge < -0.3 is 10.3 Å². The van der Waals surface area contributed by atoms with Gasteiger partial charge in [-0.05, 0) is 60.0 Å². The monoisotopic (exact) mass is 395 g/mol. The van der Waals surface area contributed by atoms with Crippen LogP contribution in [0.4, 0.5) is 18.9 Å². The average Bonchev–Trinajstić information content (AvgIpc) is 3.06. The number of amides is 1. The van der Waals surface area contributed by atoms with E-state index in [1.165, 1.54) is 18.2 Å². The number of aromatic nitrogens is 2. The Kier molecular flexibility index (Phi) is 5.03. The summed E-state index contributed by atoms with van der Waals surface area (Å²) in [5.74, 6) is -2.08. The summed E-state index contributed by atoms with van der Waals surface area (Å²) in [7, 11) is 0. The Morgan fingerprint density at radius 2 is 1.69 bits per heavy atom. The fourth-order valence-electron chi connectivity index (χ4n) is 3.29. The second-order valence-electron chi connectivity index (χ2n) is 6.58. The van der Waals surface area contributed by atoms with Crippen LogP contribution in [0, 0.1) is 17.5 Å². The van der Waals surface area contributed by atoms with Crippen molar-refractivity contribution in [1.82, 2.24) is 9.97 Å². The molecule has 0 aliphatic heterocycles. The molecule has 0 spiro atoms. The third kappa shape index (κ3) is 3.99. The summed E-state index contributed by atoms with van der Waals surface area (Å²) in [6, 6.07) is 11.0. The van der Waals surface area contributed by atoms with E-state index in [2.05, 4.69) is 15.3 Å². The van der Waals surface area contributed by atoms with Crippen molar-refractivity contribution >= 4 is 22.5 Å². The van der Waals surface area contributed by atoms with Crippen LogP contribution >= 0.6 is 0 Å². The zero-order chi connectivity index (χ0) is 20.4. The molecular weight excluding hydrogens is 379 g/mol. The molecular formula is C22H16F3N3O. The summed E-state index contributed by atoms with van der Waals surface area (Å²) in [5.41, 5.74) is 2.50. The van der Waals surface area contributed by atoms with Gasteiger partial charge in [-0.2, -0.15) is 0 Å². The Hall–Kier alpha value is -3.61. The molecule has 1 amide bonds. The fraction of sp³-hybridized carbons (Fsp3) is 0.0909. The highest BCUT2D eigenvalue weighted by Crippen LogP contribution is 2.33. The molecule has 2 N–H and O–H groups in total. The lowest BCUT2D eigenvalue weighted by Crippen LogP contribution is -2.12. The van der Waals surface area contributed by atoms with Crippen molar-refractivity contribution in [3.8, 4) is 11.3 Å². The van der Waals surface area contributed by atoms with Crippen LogP contribution in [0.3, 0.4) is 0 Å². The number of halogens is 3. The number of H-pyrrole nitrogens is 1. The van der Waals surface area contributed by atoms with Gasteiger partial charge in [-0.3, -0.25) is 9.78 Å². The second kappa shape index (κ2) is 7.79. The van der Waals surface area contributed by atoms with E-state index in [9.17, 15) is 18.0 Å². The normalized spacial score (nSPS) is 11.0. The Labute approximate surface area is 164 Å². The Balaban J connectivity index is 1.68. The van der Waals surface area contributed by atoms with Crippen molar-refractivity contribution in [3.63, 3.8) is 0 Å². The third-order valence-electron chi connectivity index (χ3n) is 4.63. The van der Waals surface area contributed by atoms with Crippen LogP contribution in [0.1, 0.15) is 12.0 Å². The van der Waals surface area contributed by atoms with Crippen molar-refractivity contribution in [2.24, 2.45) is 0 Å². The molecule has 29 heavy (non-hydrogen) atoms. The lowest BCUT2D eigenvalue weighted by atomic mass is 10.0. The minimum Gasteiger partial charge on any atom is -0.352 e. The molecule has 0 radical (unpaired) electrons. The zero-order valence-corrected chi connectivity index (χ0v) is 15.2. The predicted octanol–water partition coefficient (Wildman–Crippen LogP) is 5.22. The highest BCUT2D eigenvalue weighted by Gasteiger charge is 2.18. The van der Waals surface area contributed by atoms with Crippen LogP contribution < -0.4 is 5.32 Å². The number of hydrogen-bond acceptors (Lipinski definition) is 2. The molecule has 0 aliphatic rings. The van der Waals surface area contributed by atoms with E-state index in [-0.39, 0.29) is 24.3 Å². The number of anilines is 1. The van der Waals surface area contributed by atoms with Gasteiger partial charge >= 0.3 is 0 Å². The third-order valence-corrected chi connectivity index (χ3v) is 4.63. The van der Waals surface area contributed by atoms with Crippen LogP contribution in [-0.4, -0.2) is 15.9 Å². The van der Waals surface area contributed by atoms with Crippen LogP contribution in [0.15, 0.2) is 60.9 Å². The lowest BCUT2D eigenvalue weighted by Gasteiger charge is -2.07. The van der Waals surface area contributed by atoms with Gasteiger partial charge in [0, 0.05) is 41.6 Å². The van der Waals surface area contributed by atoms with Crippen molar-refractivity contribution in [2.75, 3.05) is 5.32 Å². The largest absolute Gasteiger partial charge is 0.352 e. The summed E-state index contributed by atoms with van der Waals surface area (Å²) in [4.78, 5) is 19.2. The zero-order valence-electron chi connectivity index (χ0n) is 15.2. The molecule has 0 atom stereocenters. The molecule has 4 aromatic rings. The van der Waals surface area contributed by atoms with Crippen LogP contribution in [0.5, 0.6) is 0 Å². The first kappa shape index (κ1) is 18.7. The first-order chi connectivity index (χ1) is 14.0. The van der Waals surface area contributed by atoms with E-state index < -0.39 is 17.5 Å². The van der Waals surface area contributed by atoms with Crippen molar-refractivity contribution < 1.29 is 18.0 Å².